The van der Waals surface area contributed by atoms with E-state index in [1.54, 1.807) is 25.6 Å². The molecule has 0 unspecified atom stereocenters. The van der Waals surface area contributed by atoms with Crippen molar-refractivity contribution in [3.63, 3.8) is 0 Å². The standard InChI is InChI=1S/C27H26N2O4/c1-4-32-25-15-26-23(24(17-33-26)19-8-10-21(31-3)11-9-19)14-22(25)18(2)13-27(30)29-16-20-7-5-6-12-28-20/h5-15,17H,4,16H2,1-3H3,(H,29,30)/b18-13+. The second-order valence-electron chi connectivity index (χ2n) is 7.52. The number of aromatic nitrogens is 1. The molecule has 33 heavy (non-hydrogen) atoms. The van der Waals surface area contributed by atoms with Crippen molar-refractivity contribution in [3.8, 4) is 22.6 Å². The lowest BCUT2D eigenvalue weighted by molar-refractivity contribution is -0.116. The number of carbonyl (C=O) groups excluding carboxylic acids is 1. The van der Waals surface area contributed by atoms with E-state index in [1.165, 1.54) is 0 Å². The lowest BCUT2D eigenvalue weighted by Gasteiger charge is -2.12. The van der Waals surface area contributed by atoms with Crippen molar-refractivity contribution in [1.29, 1.82) is 0 Å². The molecule has 1 N–H and O–H groups in total. The number of nitrogens with one attached hydrogen (secondary N) is 1. The third-order valence-electron chi connectivity index (χ3n) is 5.32. The molecule has 0 aliphatic heterocycles. The van der Waals surface area contributed by atoms with Crippen LogP contribution in [0.1, 0.15) is 25.1 Å². The first-order valence-corrected chi connectivity index (χ1v) is 10.8. The van der Waals surface area contributed by atoms with Crippen LogP contribution in [0.2, 0.25) is 0 Å². The number of ether oxygens (including phenoxy) is 2. The first kappa shape index (κ1) is 22.1. The van der Waals surface area contributed by atoms with Crippen molar-refractivity contribution in [3.05, 3.63) is 84.4 Å². The maximum atomic E-state index is 12.5. The Morgan fingerprint density at radius 2 is 1.97 bits per heavy atom. The Hall–Kier alpha value is -4.06. The molecule has 2 aromatic carbocycles. The number of benzene rings is 2. The number of fused-ring (bicyclic) bond motifs is 1. The molecule has 0 bridgehead atoms. The number of furan rings is 1. The first-order chi connectivity index (χ1) is 16.1. The van der Waals surface area contributed by atoms with Crippen molar-refractivity contribution in [2.45, 2.75) is 20.4 Å². The summed E-state index contributed by atoms with van der Waals surface area (Å²) >= 11 is 0. The normalized spacial score (nSPS) is 11.4. The predicted molar refractivity (Wildman–Crippen MR) is 129 cm³/mol. The molecule has 6 nitrogen and oxygen atoms in total. The average molecular weight is 443 g/mol. The molecule has 0 spiro atoms. The minimum absolute atomic E-state index is 0.191. The largest absolute Gasteiger partial charge is 0.497 e. The molecule has 0 fully saturated rings. The smallest absolute Gasteiger partial charge is 0.244 e. The summed E-state index contributed by atoms with van der Waals surface area (Å²) in [6.45, 7) is 4.70. The molecule has 0 radical (unpaired) electrons. The van der Waals surface area contributed by atoms with Gasteiger partial charge in [-0.3, -0.25) is 9.78 Å². The Kier molecular flexibility index (Phi) is 6.74. The third kappa shape index (κ3) is 5.06. The van der Waals surface area contributed by atoms with Gasteiger partial charge in [0.2, 0.25) is 5.91 Å². The second-order valence-corrected chi connectivity index (χ2v) is 7.52. The van der Waals surface area contributed by atoms with Gasteiger partial charge in [0.25, 0.3) is 0 Å². The van der Waals surface area contributed by atoms with Crippen LogP contribution < -0.4 is 14.8 Å². The van der Waals surface area contributed by atoms with E-state index in [4.69, 9.17) is 13.9 Å². The number of hydrogen-bond donors (Lipinski definition) is 1. The molecule has 2 heterocycles. The zero-order chi connectivity index (χ0) is 23.2. The van der Waals surface area contributed by atoms with Gasteiger partial charge in [-0.05, 0) is 55.3 Å². The van der Waals surface area contributed by atoms with Crippen LogP contribution in [0.3, 0.4) is 0 Å². The van der Waals surface area contributed by atoms with Crippen LogP contribution in [-0.4, -0.2) is 24.6 Å². The van der Waals surface area contributed by atoms with Crippen LogP contribution in [0.5, 0.6) is 11.5 Å². The number of carbonyl (C=O) groups is 1. The molecule has 4 rings (SSSR count). The summed E-state index contributed by atoms with van der Waals surface area (Å²) in [5, 5.41) is 3.83. The summed E-state index contributed by atoms with van der Waals surface area (Å²) in [7, 11) is 1.64. The molecular formula is C27H26N2O4. The van der Waals surface area contributed by atoms with Gasteiger partial charge in [-0.2, -0.15) is 0 Å². The topological polar surface area (TPSA) is 73.6 Å². The van der Waals surface area contributed by atoms with E-state index in [0.29, 0.717) is 18.9 Å². The van der Waals surface area contributed by atoms with Gasteiger partial charge < -0.3 is 19.2 Å². The van der Waals surface area contributed by atoms with E-state index < -0.39 is 0 Å². The van der Waals surface area contributed by atoms with Gasteiger partial charge in [0.15, 0.2) is 0 Å². The van der Waals surface area contributed by atoms with Gasteiger partial charge in [-0.25, -0.2) is 0 Å². The molecule has 168 valence electrons. The van der Waals surface area contributed by atoms with Crippen molar-refractivity contribution in [2.75, 3.05) is 13.7 Å². The van der Waals surface area contributed by atoms with Crippen molar-refractivity contribution >= 4 is 22.4 Å². The van der Waals surface area contributed by atoms with Crippen LogP contribution in [0.4, 0.5) is 0 Å². The highest BCUT2D eigenvalue weighted by Crippen LogP contribution is 2.37. The number of pyridine rings is 1. The summed E-state index contributed by atoms with van der Waals surface area (Å²) in [6, 6.07) is 17.3. The molecule has 0 saturated heterocycles. The second kappa shape index (κ2) is 10.0. The molecule has 1 amide bonds. The number of nitrogens with zero attached hydrogens (tertiary/aromatic N) is 1. The van der Waals surface area contributed by atoms with Crippen molar-refractivity contribution in [1.82, 2.24) is 10.3 Å². The van der Waals surface area contributed by atoms with Crippen LogP contribution in [0.15, 0.2) is 77.6 Å². The highest BCUT2D eigenvalue weighted by molar-refractivity contribution is 6.00. The van der Waals surface area contributed by atoms with E-state index in [1.807, 2.05) is 68.4 Å². The van der Waals surface area contributed by atoms with E-state index >= 15 is 0 Å². The Labute approximate surface area is 192 Å². The molecule has 0 saturated carbocycles. The van der Waals surface area contributed by atoms with Gasteiger partial charge in [0.1, 0.15) is 17.1 Å². The number of allylic oxidation sites excluding steroid dienone is 1. The van der Waals surface area contributed by atoms with Crippen LogP contribution in [-0.2, 0) is 11.3 Å². The van der Waals surface area contributed by atoms with Crippen molar-refractivity contribution in [2.24, 2.45) is 0 Å². The maximum absolute atomic E-state index is 12.5. The fraction of sp³-hybridized carbons (Fsp3) is 0.185. The fourth-order valence-electron chi connectivity index (χ4n) is 3.64. The number of hydrogen-bond acceptors (Lipinski definition) is 5. The van der Waals surface area contributed by atoms with E-state index in [0.717, 1.165) is 44.7 Å². The Bertz CT molecular complexity index is 1270. The molecular weight excluding hydrogens is 416 g/mol. The summed E-state index contributed by atoms with van der Waals surface area (Å²) in [4.78, 5) is 16.8. The van der Waals surface area contributed by atoms with Gasteiger partial charge in [0, 0.05) is 34.9 Å². The maximum Gasteiger partial charge on any atom is 0.244 e. The van der Waals surface area contributed by atoms with E-state index in [-0.39, 0.29) is 5.91 Å². The van der Waals surface area contributed by atoms with E-state index in [2.05, 4.69) is 10.3 Å². The molecule has 4 aromatic rings. The van der Waals surface area contributed by atoms with Crippen LogP contribution in [0.25, 0.3) is 27.7 Å². The summed E-state index contributed by atoms with van der Waals surface area (Å²) in [5.41, 5.74) is 5.13. The number of methoxy groups -OCH3 is 1. The Morgan fingerprint density at radius 3 is 2.67 bits per heavy atom. The molecule has 2 aromatic heterocycles. The van der Waals surface area contributed by atoms with Gasteiger partial charge in [-0.1, -0.05) is 18.2 Å². The highest BCUT2D eigenvalue weighted by Gasteiger charge is 2.15. The quantitative estimate of drug-likeness (QED) is 0.359. The summed E-state index contributed by atoms with van der Waals surface area (Å²) in [6.07, 6.45) is 5.03. The zero-order valence-electron chi connectivity index (χ0n) is 18.9. The molecule has 6 heteroatoms. The monoisotopic (exact) mass is 442 g/mol. The minimum atomic E-state index is -0.191. The van der Waals surface area contributed by atoms with Crippen LogP contribution >= 0.6 is 0 Å². The molecule has 0 atom stereocenters. The fourth-order valence-corrected chi connectivity index (χ4v) is 3.64. The van der Waals surface area contributed by atoms with E-state index in [9.17, 15) is 4.79 Å². The first-order valence-electron chi connectivity index (χ1n) is 10.8. The Morgan fingerprint density at radius 1 is 1.15 bits per heavy atom. The zero-order valence-corrected chi connectivity index (χ0v) is 18.9. The highest BCUT2D eigenvalue weighted by atomic mass is 16.5. The number of rotatable bonds is 8. The van der Waals surface area contributed by atoms with Crippen molar-refractivity contribution < 1.29 is 18.7 Å². The van der Waals surface area contributed by atoms with Gasteiger partial charge >= 0.3 is 0 Å². The van der Waals surface area contributed by atoms with Gasteiger partial charge in [-0.15, -0.1) is 0 Å². The SMILES string of the molecule is CCOc1cc2occ(-c3ccc(OC)cc3)c2cc1/C(C)=C/C(=O)NCc1ccccn1. The van der Waals surface area contributed by atoms with Crippen LogP contribution in [0, 0.1) is 0 Å². The third-order valence-corrected chi connectivity index (χ3v) is 5.32. The number of amides is 1. The lowest BCUT2D eigenvalue weighted by atomic mass is 9.99. The summed E-state index contributed by atoms with van der Waals surface area (Å²) in [5.74, 6) is 1.27. The molecule has 0 aliphatic rings. The molecule has 0 aliphatic carbocycles. The predicted octanol–water partition coefficient (Wildman–Crippen LogP) is 5.62. The van der Waals surface area contributed by atoms with Gasteiger partial charge in [0.05, 0.1) is 32.2 Å². The average Bonchev–Trinajstić information content (AvgIpc) is 3.26. The summed E-state index contributed by atoms with van der Waals surface area (Å²) < 4.78 is 17.0. The Balaban J connectivity index is 1.66. The lowest BCUT2D eigenvalue weighted by Crippen LogP contribution is -2.21. The minimum Gasteiger partial charge on any atom is -0.497 e.